The predicted octanol–water partition coefficient (Wildman–Crippen LogP) is -1.92. The van der Waals surface area contributed by atoms with Crippen LogP contribution in [0.25, 0.3) is 0 Å². The Bertz CT molecular complexity index is 556. The standard InChI is InChI=1S/C15H19N2S.ClHO4/c1-16(2)14-8-10-17(11-9-14)12-13-18-15-6-4-3-5-7-15;2-1(3,4)5/h3-11H,12-13H2,1-2H3;(H,2,3,4,5)/q+1;/p-1. The van der Waals surface area contributed by atoms with E-state index in [9.17, 15) is 0 Å². The SMILES string of the molecule is CN(C)c1cc[n+](CCSc2ccccc2)cc1.[O-][Cl+3]([O-])([O-])[O-]. The molecule has 1 aromatic heterocycles. The maximum atomic E-state index is 8.49. The van der Waals surface area contributed by atoms with Gasteiger partial charge in [-0.15, -0.1) is 22.0 Å². The topological polar surface area (TPSA) is 99.4 Å². The number of thioether (sulfide) groups is 1. The van der Waals surface area contributed by atoms with E-state index in [2.05, 4.69) is 78.4 Å². The zero-order chi connectivity index (χ0) is 17.3. The van der Waals surface area contributed by atoms with Gasteiger partial charge >= 0.3 is 0 Å². The van der Waals surface area contributed by atoms with Crippen LogP contribution in [0.5, 0.6) is 0 Å². The number of rotatable bonds is 5. The maximum absolute atomic E-state index is 8.49. The molecule has 0 aliphatic heterocycles. The van der Waals surface area contributed by atoms with Crippen LogP contribution in [0.4, 0.5) is 5.69 Å². The van der Waals surface area contributed by atoms with Crippen LogP contribution in [-0.2, 0) is 6.54 Å². The van der Waals surface area contributed by atoms with Gasteiger partial charge in [0.2, 0.25) is 0 Å². The first-order valence-corrected chi connectivity index (χ1v) is 8.94. The molecule has 0 unspecified atom stereocenters. The number of hydrogen-bond acceptors (Lipinski definition) is 6. The van der Waals surface area contributed by atoms with Gasteiger partial charge in [-0.2, -0.15) is 0 Å². The number of nitrogens with zero attached hydrogens (tertiary/aromatic N) is 2. The summed E-state index contributed by atoms with van der Waals surface area (Å²) in [5, 5.41) is 0. The average Bonchev–Trinajstić information content (AvgIpc) is 2.47. The predicted molar refractivity (Wildman–Crippen MR) is 78.1 cm³/mol. The van der Waals surface area contributed by atoms with Gasteiger partial charge in [0.15, 0.2) is 18.9 Å². The molecule has 6 nitrogen and oxygen atoms in total. The van der Waals surface area contributed by atoms with Crippen LogP contribution in [0.1, 0.15) is 0 Å². The molecule has 126 valence electrons. The van der Waals surface area contributed by atoms with E-state index in [4.69, 9.17) is 18.6 Å². The molecule has 0 saturated carbocycles. The van der Waals surface area contributed by atoms with Gasteiger partial charge in [0.05, 0.1) is 5.75 Å². The summed E-state index contributed by atoms with van der Waals surface area (Å²) in [7, 11) is -0.824. The summed E-state index contributed by atoms with van der Waals surface area (Å²) in [5.41, 5.74) is 1.24. The zero-order valence-electron chi connectivity index (χ0n) is 12.9. The van der Waals surface area contributed by atoms with Crippen molar-refractivity contribution >= 4 is 17.4 Å². The molecule has 8 heteroatoms. The molecular weight excluding hydrogens is 340 g/mol. The second-order valence-electron chi connectivity index (χ2n) is 4.73. The molecule has 0 aliphatic carbocycles. The van der Waals surface area contributed by atoms with E-state index in [0.717, 1.165) is 12.3 Å². The number of anilines is 1. The van der Waals surface area contributed by atoms with Gasteiger partial charge in [-0.05, 0) is 12.1 Å². The second kappa shape index (κ2) is 9.71. The van der Waals surface area contributed by atoms with Gasteiger partial charge < -0.3 is 4.90 Å². The lowest BCUT2D eigenvalue weighted by molar-refractivity contribution is -2.00. The molecule has 0 aliphatic rings. The molecule has 2 rings (SSSR count). The van der Waals surface area contributed by atoms with Gasteiger partial charge in [-0.25, -0.2) is 23.2 Å². The summed E-state index contributed by atoms with van der Waals surface area (Å²) in [4.78, 5) is 3.45. The molecule has 23 heavy (non-hydrogen) atoms. The third-order valence-corrected chi connectivity index (χ3v) is 3.74. The summed E-state index contributed by atoms with van der Waals surface area (Å²) in [6.07, 6.45) is 4.28. The van der Waals surface area contributed by atoms with Crippen molar-refractivity contribution in [1.29, 1.82) is 0 Å². The molecule has 1 heterocycles. The van der Waals surface area contributed by atoms with Crippen molar-refractivity contribution in [3.05, 3.63) is 54.9 Å². The molecule has 0 fully saturated rings. The molecule has 0 bridgehead atoms. The first-order chi connectivity index (χ1) is 10.8. The highest BCUT2D eigenvalue weighted by Crippen LogP contribution is 2.16. The van der Waals surface area contributed by atoms with E-state index < -0.39 is 10.2 Å². The highest BCUT2D eigenvalue weighted by Gasteiger charge is 2.02. The molecule has 0 atom stereocenters. The maximum Gasteiger partial charge on any atom is 0.170 e. The van der Waals surface area contributed by atoms with Crippen LogP contribution in [0, 0.1) is 10.2 Å². The molecule has 0 N–H and O–H groups in total. The third kappa shape index (κ3) is 10.1. The molecule has 0 saturated heterocycles. The van der Waals surface area contributed by atoms with Crippen LogP contribution in [0.2, 0.25) is 0 Å². The van der Waals surface area contributed by atoms with E-state index >= 15 is 0 Å². The monoisotopic (exact) mass is 358 g/mol. The summed E-state index contributed by atoms with van der Waals surface area (Å²) >= 11 is 1.89. The van der Waals surface area contributed by atoms with Crippen molar-refractivity contribution in [1.82, 2.24) is 0 Å². The van der Waals surface area contributed by atoms with Gasteiger partial charge in [-0.1, -0.05) is 18.2 Å². The minimum Gasteiger partial charge on any atom is -0.377 e. The lowest BCUT2D eigenvalue weighted by Crippen LogP contribution is -2.68. The molecule has 1 aromatic carbocycles. The van der Waals surface area contributed by atoms with Crippen molar-refractivity contribution in [2.45, 2.75) is 11.4 Å². The van der Waals surface area contributed by atoms with Gasteiger partial charge in [0.25, 0.3) is 0 Å². The minimum absolute atomic E-state index is 1.03. The summed E-state index contributed by atoms with van der Waals surface area (Å²) in [5.74, 6) is 1.09. The molecule has 0 spiro atoms. The Kier molecular flexibility index (Phi) is 8.32. The number of aryl methyl sites for hydroxylation is 1. The van der Waals surface area contributed by atoms with Gasteiger partial charge in [0, 0.05) is 36.8 Å². The quantitative estimate of drug-likeness (QED) is 0.456. The summed E-state index contributed by atoms with van der Waals surface area (Å²) < 4.78 is 36.2. The summed E-state index contributed by atoms with van der Waals surface area (Å²) in [6, 6.07) is 14.8. The van der Waals surface area contributed by atoms with Crippen LogP contribution in [0.3, 0.4) is 0 Å². The Morgan fingerprint density at radius 3 is 1.96 bits per heavy atom. The third-order valence-electron chi connectivity index (χ3n) is 2.75. The number of pyridine rings is 1. The van der Waals surface area contributed by atoms with Crippen molar-refractivity contribution in [2.75, 3.05) is 24.7 Å². The van der Waals surface area contributed by atoms with E-state index in [1.165, 1.54) is 10.6 Å². The number of hydrogen-bond donors (Lipinski definition) is 0. The van der Waals surface area contributed by atoms with Crippen LogP contribution in [-0.4, -0.2) is 19.8 Å². The largest absolute Gasteiger partial charge is 0.377 e. The van der Waals surface area contributed by atoms with Crippen LogP contribution >= 0.6 is 11.8 Å². The lowest BCUT2D eigenvalue weighted by atomic mass is 10.4. The smallest absolute Gasteiger partial charge is 0.170 e. The van der Waals surface area contributed by atoms with E-state index in [-0.39, 0.29) is 0 Å². The highest BCUT2D eigenvalue weighted by atomic mass is 35.7. The first kappa shape index (κ1) is 19.7. The Morgan fingerprint density at radius 2 is 1.48 bits per heavy atom. The minimum atomic E-state index is -4.94. The Morgan fingerprint density at radius 1 is 0.957 bits per heavy atom. The molecular formula is C15H19ClN2O4S. The Labute approximate surface area is 142 Å². The first-order valence-electron chi connectivity index (χ1n) is 6.72. The lowest BCUT2D eigenvalue weighted by Gasteiger charge is -2.17. The zero-order valence-corrected chi connectivity index (χ0v) is 14.5. The number of aromatic nitrogens is 1. The van der Waals surface area contributed by atoms with Crippen molar-refractivity contribution in [3.63, 3.8) is 0 Å². The van der Waals surface area contributed by atoms with E-state index in [1.54, 1.807) is 0 Å². The van der Waals surface area contributed by atoms with Crippen molar-refractivity contribution < 1.29 is 33.4 Å². The van der Waals surface area contributed by atoms with E-state index in [1.807, 2.05) is 11.8 Å². The van der Waals surface area contributed by atoms with Crippen molar-refractivity contribution in [3.8, 4) is 0 Å². The van der Waals surface area contributed by atoms with Crippen LogP contribution in [0.15, 0.2) is 59.8 Å². The highest BCUT2D eigenvalue weighted by molar-refractivity contribution is 7.99. The molecule has 0 amide bonds. The average molecular weight is 359 g/mol. The van der Waals surface area contributed by atoms with Gasteiger partial charge in [0.1, 0.15) is 0 Å². The molecule has 2 aromatic rings. The van der Waals surface area contributed by atoms with Gasteiger partial charge in [-0.3, -0.25) is 0 Å². The number of benzene rings is 1. The Hall–Kier alpha value is -1.35. The van der Waals surface area contributed by atoms with Crippen molar-refractivity contribution in [2.24, 2.45) is 0 Å². The fourth-order valence-corrected chi connectivity index (χ4v) is 2.57. The fraction of sp³-hybridized carbons (Fsp3) is 0.267. The number of halogens is 1. The second-order valence-corrected chi connectivity index (χ2v) is 6.65. The molecule has 0 radical (unpaired) electrons. The normalized spacial score (nSPS) is 10.7. The summed E-state index contributed by atoms with van der Waals surface area (Å²) in [6.45, 7) is 1.03. The fourth-order valence-electron chi connectivity index (χ4n) is 1.68. The van der Waals surface area contributed by atoms with Crippen LogP contribution < -0.4 is 28.1 Å². The van der Waals surface area contributed by atoms with E-state index in [0.29, 0.717) is 0 Å². The Balaban J connectivity index is 0.000000463.